The number of benzene rings is 1. The van der Waals surface area contributed by atoms with Gasteiger partial charge in [0.1, 0.15) is 6.54 Å². The molecule has 0 saturated carbocycles. The van der Waals surface area contributed by atoms with Crippen molar-refractivity contribution < 1.29 is 19.2 Å². The van der Waals surface area contributed by atoms with E-state index >= 15 is 0 Å². The van der Waals surface area contributed by atoms with Gasteiger partial charge < -0.3 is 14.8 Å². The van der Waals surface area contributed by atoms with E-state index in [-0.39, 0.29) is 12.2 Å². The van der Waals surface area contributed by atoms with E-state index in [1.807, 2.05) is 13.8 Å². The van der Waals surface area contributed by atoms with Gasteiger partial charge in [-0.1, -0.05) is 0 Å². The lowest BCUT2D eigenvalue weighted by molar-refractivity contribution is -0.385. The zero-order chi connectivity index (χ0) is 19.1. The van der Waals surface area contributed by atoms with Gasteiger partial charge in [-0.15, -0.1) is 0 Å². The average Bonchev–Trinajstić information content (AvgIpc) is 2.59. The topological polar surface area (TPSA) is 113 Å². The van der Waals surface area contributed by atoms with E-state index in [9.17, 15) is 19.7 Å². The van der Waals surface area contributed by atoms with Crippen molar-refractivity contribution >= 4 is 17.3 Å². The van der Waals surface area contributed by atoms with Crippen LogP contribution in [0.1, 0.15) is 13.8 Å². The number of ether oxygens (including phenoxy) is 2. The summed E-state index contributed by atoms with van der Waals surface area (Å²) in [6, 6.07) is 7.07. The molecular weight excluding hydrogens is 342 g/mol. The second kappa shape index (κ2) is 8.65. The molecule has 1 aromatic carbocycles. The first-order valence-electron chi connectivity index (χ1n) is 7.99. The van der Waals surface area contributed by atoms with Gasteiger partial charge in [-0.2, -0.15) is 0 Å². The van der Waals surface area contributed by atoms with Crippen molar-refractivity contribution in [3.63, 3.8) is 0 Å². The first-order chi connectivity index (χ1) is 12.4. The summed E-state index contributed by atoms with van der Waals surface area (Å²) in [6.07, 6.45) is 1.03. The zero-order valence-electron chi connectivity index (χ0n) is 14.4. The maximum atomic E-state index is 12.2. The number of hydrogen-bond donors (Lipinski definition) is 1. The molecule has 1 aromatic heterocycles. The SMILES string of the molecule is CCOc1ccc(NC(=O)Cn2cc([N+](=O)[O-])ccc2=O)cc1OCC. The van der Waals surface area contributed by atoms with Crippen LogP contribution in [0.3, 0.4) is 0 Å². The standard InChI is InChI=1S/C17H19N3O6/c1-3-25-14-7-5-12(9-15(14)26-4-2)18-16(21)11-19-10-13(20(23)24)6-8-17(19)22/h5-10H,3-4,11H2,1-2H3,(H,18,21). The molecule has 0 aliphatic rings. The molecule has 9 heteroatoms. The quantitative estimate of drug-likeness (QED) is 0.570. The third-order valence-electron chi connectivity index (χ3n) is 3.32. The zero-order valence-corrected chi connectivity index (χ0v) is 14.4. The molecule has 1 heterocycles. The van der Waals surface area contributed by atoms with E-state index < -0.39 is 16.4 Å². The van der Waals surface area contributed by atoms with Crippen LogP contribution >= 0.6 is 0 Å². The highest BCUT2D eigenvalue weighted by Crippen LogP contribution is 2.30. The van der Waals surface area contributed by atoms with Crippen molar-refractivity contribution in [2.75, 3.05) is 18.5 Å². The third kappa shape index (κ3) is 4.82. The Morgan fingerprint density at radius 3 is 2.50 bits per heavy atom. The minimum atomic E-state index is -0.630. The molecule has 1 N–H and O–H groups in total. The van der Waals surface area contributed by atoms with E-state index in [2.05, 4.69) is 5.32 Å². The Labute approximate surface area is 149 Å². The molecule has 0 unspecified atom stereocenters. The number of carbonyl (C=O) groups is 1. The number of rotatable bonds is 8. The summed E-state index contributed by atoms with van der Waals surface area (Å²) in [5.41, 5.74) is -0.315. The van der Waals surface area contributed by atoms with E-state index in [4.69, 9.17) is 9.47 Å². The van der Waals surface area contributed by atoms with Crippen LogP contribution in [0.15, 0.2) is 41.3 Å². The summed E-state index contributed by atoms with van der Waals surface area (Å²) in [5.74, 6) is 0.543. The molecule has 26 heavy (non-hydrogen) atoms. The highest BCUT2D eigenvalue weighted by Gasteiger charge is 2.12. The fourth-order valence-electron chi connectivity index (χ4n) is 2.23. The lowest BCUT2D eigenvalue weighted by Gasteiger charge is -2.13. The summed E-state index contributed by atoms with van der Waals surface area (Å²) < 4.78 is 11.9. The van der Waals surface area contributed by atoms with Gasteiger partial charge in [0.25, 0.3) is 11.2 Å². The van der Waals surface area contributed by atoms with Gasteiger partial charge >= 0.3 is 0 Å². The van der Waals surface area contributed by atoms with Gasteiger partial charge in [0.15, 0.2) is 11.5 Å². The molecule has 0 aliphatic heterocycles. The fourth-order valence-corrected chi connectivity index (χ4v) is 2.23. The minimum absolute atomic E-state index is 0.267. The Kier molecular flexibility index (Phi) is 6.31. The predicted octanol–water partition coefficient (Wildman–Crippen LogP) is 2.19. The molecule has 0 fully saturated rings. The van der Waals surface area contributed by atoms with Crippen LogP contribution in [-0.4, -0.2) is 28.6 Å². The Hall–Kier alpha value is -3.36. The summed E-state index contributed by atoms with van der Waals surface area (Å²) in [7, 11) is 0. The van der Waals surface area contributed by atoms with Crippen molar-refractivity contribution in [3.05, 3.63) is 57.0 Å². The highest BCUT2D eigenvalue weighted by atomic mass is 16.6. The summed E-state index contributed by atoms with van der Waals surface area (Å²) >= 11 is 0. The molecule has 1 amide bonds. The normalized spacial score (nSPS) is 10.2. The number of anilines is 1. The Morgan fingerprint density at radius 2 is 1.85 bits per heavy atom. The van der Waals surface area contributed by atoms with E-state index in [1.165, 1.54) is 0 Å². The van der Waals surface area contributed by atoms with Gasteiger partial charge in [0.05, 0.1) is 24.3 Å². The van der Waals surface area contributed by atoms with Crippen molar-refractivity contribution in [2.45, 2.75) is 20.4 Å². The van der Waals surface area contributed by atoms with Gasteiger partial charge in [-0.05, 0) is 26.0 Å². The van der Waals surface area contributed by atoms with E-state index in [0.29, 0.717) is 30.4 Å². The number of amides is 1. The summed E-state index contributed by atoms with van der Waals surface area (Å²) in [6.45, 7) is 4.23. The summed E-state index contributed by atoms with van der Waals surface area (Å²) in [5, 5.41) is 13.4. The van der Waals surface area contributed by atoms with Crippen LogP contribution in [-0.2, 0) is 11.3 Å². The number of pyridine rings is 1. The number of hydrogen-bond acceptors (Lipinski definition) is 6. The van der Waals surface area contributed by atoms with Crippen LogP contribution in [0.5, 0.6) is 11.5 Å². The Bertz CT molecular complexity index is 862. The first kappa shape index (κ1) is 19.0. The molecule has 0 atom stereocenters. The summed E-state index contributed by atoms with van der Waals surface area (Å²) in [4.78, 5) is 34.1. The van der Waals surface area contributed by atoms with E-state index in [1.54, 1.807) is 18.2 Å². The first-order valence-corrected chi connectivity index (χ1v) is 7.99. The molecule has 0 radical (unpaired) electrons. The van der Waals surface area contributed by atoms with Crippen LogP contribution in [0.4, 0.5) is 11.4 Å². The Balaban J connectivity index is 2.15. The smallest absolute Gasteiger partial charge is 0.285 e. The number of nitro groups is 1. The van der Waals surface area contributed by atoms with Gasteiger partial charge in [-0.3, -0.25) is 24.3 Å². The minimum Gasteiger partial charge on any atom is -0.490 e. The fraction of sp³-hybridized carbons (Fsp3) is 0.294. The van der Waals surface area contributed by atoms with Gasteiger partial charge in [0.2, 0.25) is 5.91 Å². The maximum Gasteiger partial charge on any atom is 0.285 e. The number of nitrogens with one attached hydrogen (secondary N) is 1. The largest absolute Gasteiger partial charge is 0.490 e. The number of nitrogens with zero attached hydrogens (tertiary/aromatic N) is 2. The second-order valence-corrected chi connectivity index (χ2v) is 5.19. The van der Waals surface area contributed by atoms with Crippen LogP contribution in [0.25, 0.3) is 0 Å². The van der Waals surface area contributed by atoms with Crippen molar-refractivity contribution in [2.24, 2.45) is 0 Å². The van der Waals surface area contributed by atoms with Crippen LogP contribution < -0.4 is 20.3 Å². The van der Waals surface area contributed by atoms with Crippen molar-refractivity contribution in [1.82, 2.24) is 4.57 Å². The monoisotopic (exact) mass is 361 g/mol. The molecule has 0 spiro atoms. The lowest BCUT2D eigenvalue weighted by Crippen LogP contribution is -2.27. The lowest BCUT2D eigenvalue weighted by atomic mass is 10.2. The molecule has 0 saturated heterocycles. The molecule has 2 rings (SSSR count). The van der Waals surface area contributed by atoms with Crippen LogP contribution in [0, 0.1) is 10.1 Å². The van der Waals surface area contributed by atoms with Crippen LogP contribution in [0.2, 0.25) is 0 Å². The number of aromatic nitrogens is 1. The molecular formula is C17H19N3O6. The number of carbonyl (C=O) groups excluding carboxylic acids is 1. The van der Waals surface area contributed by atoms with Crippen molar-refractivity contribution in [3.8, 4) is 11.5 Å². The van der Waals surface area contributed by atoms with Crippen molar-refractivity contribution in [1.29, 1.82) is 0 Å². The molecule has 2 aromatic rings. The molecule has 0 bridgehead atoms. The molecule has 0 aliphatic carbocycles. The van der Waals surface area contributed by atoms with E-state index in [0.717, 1.165) is 22.9 Å². The maximum absolute atomic E-state index is 12.2. The highest BCUT2D eigenvalue weighted by molar-refractivity contribution is 5.91. The average molecular weight is 361 g/mol. The second-order valence-electron chi connectivity index (χ2n) is 5.19. The third-order valence-corrected chi connectivity index (χ3v) is 3.32. The van der Waals surface area contributed by atoms with Gasteiger partial charge in [-0.25, -0.2) is 0 Å². The predicted molar refractivity (Wildman–Crippen MR) is 94.8 cm³/mol. The molecule has 9 nitrogen and oxygen atoms in total. The van der Waals surface area contributed by atoms with Gasteiger partial charge in [0, 0.05) is 23.9 Å². The Morgan fingerprint density at radius 1 is 1.15 bits per heavy atom. The molecule has 138 valence electrons.